The largest absolute Gasteiger partial charge is 0.325 e. The molecule has 0 saturated heterocycles. The first-order valence-electron chi connectivity index (χ1n) is 3.74. The van der Waals surface area contributed by atoms with E-state index in [0.29, 0.717) is 10.7 Å². The van der Waals surface area contributed by atoms with Crippen LogP contribution in [0.3, 0.4) is 0 Å². The predicted molar refractivity (Wildman–Crippen MR) is 57.5 cm³/mol. The van der Waals surface area contributed by atoms with Crippen molar-refractivity contribution in [3.8, 4) is 0 Å². The minimum Gasteiger partial charge on any atom is -0.325 e. The number of halogens is 1. The van der Waals surface area contributed by atoms with E-state index in [2.05, 4.69) is 5.32 Å². The molecule has 0 radical (unpaired) electrons. The number of carbonyl (C=O) groups is 1. The highest BCUT2D eigenvalue weighted by atomic mass is 35.5. The second-order valence-electron chi connectivity index (χ2n) is 2.53. The first-order valence-corrected chi connectivity index (χ1v) is 5.35. The Bertz CT molecular complexity index is 327. The number of rotatable bonds is 2. The van der Waals surface area contributed by atoms with E-state index in [1.54, 1.807) is 17.8 Å². The summed E-state index contributed by atoms with van der Waals surface area (Å²) in [5.74, 6) is -0.111. The molecule has 0 aromatic heterocycles. The van der Waals surface area contributed by atoms with Crippen molar-refractivity contribution in [2.24, 2.45) is 0 Å². The number of thioether (sulfide) groups is 1. The Kier molecular flexibility index (Phi) is 3.63. The van der Waals surface area contributed by atoms with Crippen molar-refractivity contribution < 1.29 is 4.79 Å². The minimum atomic E-state index is -0.111. The van der Waals surface area contributed by atoms with E-state index in [9.17, 15) is 4.79 Å². The van der Waals surface area contributed by atoms with E-state index in [1.807, 2.05) is 18.4 Å². The third-order valence-electron chi connectivity index (χ3n) is 1.48. The summed E-state index contributed by atoms with van der Waals surface area (Å²) in [6.07, 6.45) is 1.97. The number of carbonyl (C=O) groups excluding carboxylic acids is 1. The lowest BCUT2D eigenvalue weighted by atomic mass is 10.3. The number of hydrogen-bond donors (Lipinski definition) is 1. The molecule has 70 valence electrons. The van der Waals surface area contributed by atoms with E-state index in [1.165, 1.54) is 6.92 Å². The van der Waals surface area contributed by atoms with Crippen molar-refractivity contribution in [3.05, 3.63) is 23.2 Å². The first kappa shape index (κ1) is 10.4. The summed E-state index contributed by atoms with van der Waals surface area (Å²) in [5, 5.41) is 3.23. The predicted octanol–water partition coefficient (Wildman–Crippen LogP) is 3.02. The number of hydrogen-bond acceptors (Lipinski definition) is 2. The SMILES string of the molecule is CSc1ccc(Cl)c(NC(C)=O)c1. The van der Waals surface area contributed by atoms with Crippen molar-refractivity contribution in [2.45, 2.75) is 11.8 Å². The fourth-order valence-corrected chi connectivity index (χ4v) is 1.52. The molecule has 0 aliphatic heterocycles. The summed E-state index contributed by atoms with van der Waals surface area (Å²) in [5.41, 5.74) is 0.668. The van der Waals surface area contributed by atoms with Gasteiger partial charge >= 0.3 is 0 Å². The van der Waals surface area contributed by atoms with Crippen LogP contribution in [0.1, 0.15) is 6.92 Å². The van der Waals surface area contributed by atoms with Gasteiger partial charge in [0.15, 0.2) is 0 Å². The van der Waals surface area contributed by atoms with Gasteiger partial charge in [0.05, 0.1) is 10.7 Å². The summed E-state index contributed by atoms with van der Waals surface area (Å²) in [4.78, 5) is 11.9. The fraction of sp³-hybridized carbons (Fsp3) is 0.222. The third kappa shape index (κ3) is 2.94. The molecular formula is C9H10ClNOS. The quantitative estimate of drug-likeness (QED) is 0.769. The van der Waals surface area contributed by atoms with E-state index >= 15 is 0 Å². The van der Waals surface area contributed by atoms with Crippen LogP contribution in [0.25, 0.3) is 0 Å². The molecule has 1 aromatic rings. The van der Waals surface area contributed by atoms with Crippen LogP contribution < -0.4 is 5.32 Å². The smallest absolute Gasteiger partial charge is 0.221 e. The molecule has 0 spiro atoms. The standard InChI is InChI=1S/C9H10ClNOS/c1-6(12)11-9-5-7(13-2)3-4-8(9)10/h3-5H,1-2H3,(H,11,12). The Hall–Kier alpha value is -0.670. The lowest BCUT2D eigenvalue weighted by Gasteiger charge is -2.05. The highest BCUT2D eigenvalue weighted by Gasteiger charge is 2.02. The molecule has 13 heavy (non-hydrogen) atoms. The Morgan fingerprint density at radius 2 is 2.23 bits per heavy atom. The Morgan fingerprint density at radius 3 is 2.77 bits per heavy atom. The highest BCUT2D eigenvalue weighted by molar-refractivity contribution is 7.98. The zero-order valence-electron chi connectivity index (χ0n) is 7.43. The van der Waals surface area contributed by atoms with Crippen LogP contribution in [0, 0.1) is 0 Å². The van der Waals surface area contributed by atoms with Crippen LogP contribution in [0.4, 0.5) is 5.69 Å². The Labute approximate surface area is 86.7 Å². The molecule has 1 aromatic carbocycles. The summed E-state index contributed by atoms with van der Waals surface area (Å²) in [6.45, 7) is 1.46. The van der Waals surface area contributed by atoms with Gasteiger partial charge in [-0.15, -0.1) is 11.8 Å². The van der Waals surface area contributed by atoms with Gasteiger partial charge in [-0.2, -0.15) is 0 Å². The molecule has 1 rings (SSSR count). The van der Waals surface area contributed by atoms with E-state index in [0.717, 1.165) is 4.90 Å². The molecule has 0 bridgehead atoms. The lowest BCUT2D eigenvalue weighted by molar-refractivity contribution is -0.114. The fourth-order valence-electron chi connectivity index (χ4n) is 0.917. The van der Waals surface area contributed by atoms with Crippen molar-refractivity contribution in [1.29, 1.82) is 0 Å². The zero-order valence-corrected chi connectivity index (χ0v) is 9.00. The summed E-state index contributed by atoms with van der Waals surface area (Å²) in [7, 11) is 0. The molecular weight excluding hydrogens is 206 g/mol. The van der Waals surface area contributed by atoms with Crippen LogP contribution in [-0.2, 0) is 4.79 Å². The van der Waals surface area contributed by atoms with Crippen LogP contribution in [-0.4, -0.2) is 12.2 Å². The second-order valence-corrected chi connectivity index (χ2v) is 3.81. The number of nitrogens with one attached hydrogen (secondary N) is 1. The van der Waals surface area contributed by atoms with E-state index in [-0.39, 0.29) is 5.91 Å². The Morgan fingerprint density at radius 1 is 1.54 bits per heavy atom. The summed E-state index contributed by atoms with van der Waals surface area (Å²) in [6, 6.07) is 5.55. The topological polar surface area (TPSA) is 29.1 Å². The zero-order chi connectivity index (χ0) is 9.84. The monoisotopic (exact) mass is 215 g/mol. The van der Waals surface area contributed by atoms with Gasteiger partial charge in [0.2, 0.25) is 5.91 Å². The molecule has 4 heteroatoms. The Balaban J connectivity index is 2.96. The molecule has 0 aliphatic carbocycles. The van der Waals surface area contributed by atoms with E-state index in [4.69, 9.17) is 11.6 Å². The maximum Gasteiger partial charge on any atom is 0.221 e. The maximum atomic E-state index is 10.8. The van der Waals surface area contributed by atoms with E-state index < -0.39 is 0 Å². The van der Waals surface area contributed by atoms with Gasteiger partial charge < -0.3 is 5.32 Å². The molecule has 0 saturated carbocycles. The summed E-state index contributed by atoms with van der Waals surface area (Å²) >= 11 is 7.48. The van der Waals surface area contributed by atoms with Crippen LogP contribution in [0.15, 0.2) is 23.1 Å². The van der Waals surface area contributed by atoms with Gasteiger partial charge in [-0.05, 0) is 24.5 Å². The van der Waals surface area contributed by atoms with Crippen LogP contribution >= 0.6 is 23.4 Å². The number of amides is 1. The summed E-state index contributed by atoms with van der Waals surface area (Å²) < 4.78 is 0. The minimum absolute atomic E-state index is 0.111. The molecule has 1 amide bonds. The highest BCUT2D eigenvalue weighted by Crippen LogP contribution is 2.26. The average molecular weight is 216 g/mol. The van der Waals surface area contributed by atoms with Gasteiger partial charge in [-0.1, -0.05) is 11.6 Å². The van der Waals surface area contributed by atoms with Gasteiger partial charge in [-0.3, -0.25) is 4.79 Å². The molecule has 0 unspecified atom stereocenters. The van der Waals surface area contributed by atoms with Crippen molar-refractivity contribution in [2.75, 3.05) is 11.6 Å². The van der Waals surface area contributed by atoms with Gasteiger partial charge in [0, 0.05) is 11.8 Å². The molecule has 2 nitrogen and oxygen atoms in total. The molecule has 0 fully saturated rings. The maximum absolute atomic E-state index is 10.8. The molecule has 0 atom stereocenters. The van der Waals surface area contributed by atoms with Crippen molar-refractivity contribution in [3.63, 3.8) is 0 Å². The van der Waals surface area contributed by atoms with Gasteiger partial charge in [0.1, 0.15) is 0 Å². The van der Waals surface area contributed by atoms with Crippen LogP contribution in [0.2, 0.25) is 5.02 Å². The third-order valence-corrected chi connectivity index (χ3v) is 2.54. The van der Waals surface area contributed by atoms with Crippen molar-refractivity contribution >= 4 is 35.0 Å². The number of anilines is 1. The normalized spacial score (nSPS) is 9.77. The van der Waals surface area contributed by atoms with Crippen LogP contribution in [0.5, 0.6) is 0 Å². The second kappa shape index (κ2) is 4.53. The van der Waals surface area contributed by atoms with Crippen molar-refractivity contribution in [1.82, 2.24) is 0 Å². The molecule has 0 aliphatic rings. The van der Waals surface area contributed by atoms with Gasteiger partial charge in [-0.25, -0.2) is 0 Å². The van der Waals surface area contributed by atoms with Gasteiger partial charge in [0.25, 0.3) is 0 Å². The first-order chi connectivity index (χ1) is 6.13. The lowest BCUT2D eigenvalue weighted by Crippen LogP contribution is -2.06. The molecule has 1 N–H and O–H groups in total. The molecule has 0 heterocycles. The number of benzene rings is 1. The average Bonchev–Trinajstić information content (AvgIpc) is 2.08.